The number of rotatable bonds is 3. The number of ether oxygens (including phenoxy) is 2. The predicted molar refractivity (Wildman–Crippen MR) is 42.2 cm³/mol. The van der Waals surface area contributed by atoms with Crippen molar-refractivity contribution in [2.24, 2.45) is 0 Å². The summed E-state index contributed by atoms with van der Waals surface area (Å²) in [7, 11) is 0. The Morgan fingerprint density at radius 2 is 2.25 bits per heavy atom. The highest BCUT2D eigenvalue weighted by atomic mass is 16.7. The molecule has 0 aromatic carbocycles. The van der Waals surface area contributed by atoms with E-state index in [2.05, 4.69) is 11.2 Å². The van der Waals surface area contributed by atoms with Crippen molar-refractivity contribution in [3.8, 4) is 12.3 Å². The van der Waals surface area contributed by atoms with Crippen molar-refractivity contribution in [3.05, 3.63) is 0 Å². The first-order chi connectivity index (χ1) is 5.83. The average molecular weight is 169 g/mol. The van der Waals surface area contributed by atoms with Gasteiger partial charge in [-0.15, -0.1) is 6.42 Å². The fourth-order valence-electron chi connectivity index (χ4n) is 0.898. The first-order valence-electron chi connectivity index (χ1n) is 3.76. The maximum Gasteiger partial charge on any atom is 0.225 e. The zero-order valence-electron chi connectivity index (χ0n) is 6.71. The lowest BCUT2D eigenvalue weighted by atomic mass is 10.4. The summed E-state index contributed by atoms with van der Waals surface area (Å²) in [4.78, 5) is 11.0. The summed E-state index contributed by atoms with van der Waals surface area (Å²) in [6.45, 7) is 1.38. The summed E-state index contributed by atoms with van der Waals surface area (Å²) in [5.74, 6) is 2.17. The highest BCUT2D eigenvalue weighted by Crippen LogP contribution is 2.06. The molecule has 4 nitrogen and oxygen atoms in total. The summed E-state index contributed by atoms with van der Waals surface area (Å²) >= 11 is 0. The Morgan fingerprint density at radius 3 is 2.83 bits per heavy atom. The van der Waals surface area contributed by atoms with E-state index in [-0.39, 0.29) is 25.2 Å². The standard InChI is InChI=1S/C8H11NO3/c1-2-3-9-7(10)6-8-11-4-5-12-8/h1,8H,3-6H2,(H,9,10). The van der Waals surface area contributed by atoms with E-state index in [0.717, 1.165) is 0 Å². The number of carbonyl (C=O) groups is 1. The third kappa shape index (κ3) is 2.91. The van der Waals surface area contributed by atoms with Gasteiger partial charge in [0.25, 0.3) is 0 Å². The lowest BCUT2D eigenvalue weighted by molar-refractivity contribution is -0.129. The molecule has 66 valence electrons. The van der Waals surface area contributed by atoms with E-state index in [1.807, 2.05) is 0 Å². The van der Waals surface area contributed by atoms with Crippen LogP contribution in [0.3, 0.4) is 0 Å². The Kier molecular flexibility index (Phi) is 3.58. The van der Waals surface area contributed by atoms with Gasteiger partial charge in [0.2, 0.25) is 5.91 Å². The highest BCUT2D eigenvalue weighted by molar-refractivity contribution is 5.76. The normalized spacial score (nSPS) is 17.2. The summed E-state index contributed by atoms with van der Waals surface area (Å²) < 4.78 is 10.1. The molecule has 0 bridgehead atoms. The van der Waals surface area contributed by atoms with E-state index in [1.165, 1.54) is 0 Å². The van der Waals surface area contributed by atoms with Gasteiger partial charge in [0.05, 0.1) is 26.2 Å². The van der Waals surface area contributed by atoms with Crippen molar-refractivity contribution in [2.45, 2.75) is 12.7 Å². The van der Waals surface area contributed by atoms with Gasteiger partial charge in [-0.05, 0) is 0 Å². The van der Waals surface area contributed by atoms with Crippen LogP contribution in [0.2, 0.25) is 0 Å². The first-order valence-corrected chi connectivity index (χ1v) is 3.76. The van der Waals surface area contributed by atoms with Crippen LogP contribution in [0, 0.1) is 12.3 Å². The largest absolute Gasteiger partial charge is 0.350 e. The summed E-state index contributed by atoms with van der Waals surface area (Å²) in [5, 5.41) is 2.52. The Morgan fingerprint density at radius 1 is 1.58 bits per heavy atom. The second-order valence-electron chi connectivity index (χ2n) is 2.36. The molecule has 0 aliphatic carbocycles. The molecule has 12 heavy (non-hydrogen) atoms. The molecule has 4 heteroatoms. The van der Waals surface area contributed by atoms with Crippen LogP contribution < -0.4 is 5.32 Å². The molecule has 1 aliphatic rings. The fourth-order valence-corrected chi connectivity index (χ4v) is 0.898. The maximum absolute atomic E-state index is 11.0. The molecule has 0 spiro atoms. The van der Waals surface area contributed by atoms with Crippen molar-refractivity contribution in [3.63, 3.8) is 0 Å². The first kappa shape index (κ1) is 9.04. The molecule has 1 saturated heterocycles. The van der Waals surface area contributed by atoms with Gasteiger partial charge in [0.15, 0.2) is 6.29 Å². The fraction of sp³-hybridized carbons (Fsp3) is 0.625. The van der Waals surface area contributed by atoms with Crippen LogP contribution in [-0.4, -0.2) is 32.0 Å². The van der Waals surface area contributed by atoms with Crippen molar-refractivity contribution < 1.29 is 14.3 Å². The molecular formula is C8H11NO3. The van der Waals surface area contributed by atoms with Gasteiger partial charge < -0.3 is 14.8 Å². The van der Waals surface area contributed by atoms with Crippen LogP contribution in [-0.2, 0) is 14.3 Å². The third-order valence-corrected chi connectivity index (χ3v) is 1.43. The molecule has 1 N–H and O–H groups in total. The van der Waals surface area contributed by atoms with Gasteiger partial charge in [-0.1, -0.05) is 5.92 Å². The van der Waals surface area contributed by atoms with E-state index in [9.17, 15) is 4.79 Å². The average Bonchev–Trinajstić information content (AvgIpc) is 2.53. The van der Waals surface area contributed by atoms with E-state index in [0.29, 0.717) is 13.2 Å². The van der Waals surface area contributed by atoms with Crippen molar-refractivity contribution >= 4 is 5.91 Å². The molecule has 1 aliphatic heterocycles. The molecule has 0 aromatic heterocycles. The summed E-state index contributed by atoms with van der Waals surface area (Å²) in [6, 6.07) is 0. The number of nitrogens with one attached hydrogen (secondary N) is 1. The number of hydrogen-bond donors (Lipinski definition) is 1. The molecule has 0 unspecified atom stereocenters. The lowest BCUT2D eigenvalue weighted by Gasteiger charge is -2.07. The molecule has 1 heterocycles. The van der Waals surface area contributed by atoms with Gasteiger partial charge >= 0.3 is 0 Å². The quantitative estimate of drug-likeness (QED) is 0.579. The van der Waals surface area contributed by atoms with E-state index in [4.69, 9.17) is 15.9 Å². The smallest absolute Gasteiger partial charge is 0.225 e. The Balaban J connectivity index is 2.13. The van der Waals surface area contributed by atoms with Crippen molar-refractivity contribution in [2.75, 3.05) is 19.8 Å². The van der Waals surface area contributed by atoms with E-state index < -0.39 is 0 Å². The Hall–Kier alpha value is -1.05. The molecule has 1 rings (SSSR count). The topological polar surface area (TPSA) is 47.6 Å². The SMILES string of the molecule is C#CCNC(=O)CC1OCCO1. The highest BCUT2D eigenvalue weighted by Gasteiger charge is 2.18. The third-order valence-electron chi connectivity index (χ3n) is 1.43. The van der Waals surface area contributed by atoms with Gasteiger partial charge in [0, 0.05) is 0 Å². The molecule has 0 aromatic rings. The van der Waals surface area contributed by atoms with Crippen LogP contribution in [0.4, 0.5) is 0 Å². The molecule has 0 radical (unpaired) electrons. The van der Waals surface area contributed by atoms with Crippen LogP contribution >= 0.6 is 0 Å². The summed E-state index contributed by atoms with van der Waals surface area (Å²) in [6.07, 6.45) is 4.80. The monoisotopic (exact) mass is 169 g/mol. The van der Waals surface area contributed by atoms with Gasteiger partial charge in [-0.2, -0.15) is 0 Å². The van der Waals surface area contributed by atoms with Crippen LogP contribution in [0.25, 0.3) is 0 Å². The van der Waals surface area contributed by atoms with Crippen molar-refractivity contribution in [1.29, 1.82) is 0 Å². The van der Waals surface area contributed by atoms with E-state index >= 15 is 0 Å². The second kappa shape index (κ2) is 4.75. The zero-order valence-corrected chi connectivity index (χ0v) is 6.71. The molecule has 1 amide bonds. The van der Waals surface area contributed by atoms with Crippen LogP contribution in [0.5, 0.6) is 0 Å². The minimum atomic E-state index is -0.386. The maximum atomic E-state index is 11.0. The number of carbonyl (C=O) groups excluding carboxylic acids is 1. The Bertz CT molecular complexity index is 191. The lowest BCUT2D eigenvalue weighted by Crippen LogP contribution is -2.27. The zero-order chi connectivity index (χ0) is 8.81. The molecule has 0 saturated carbocycles. The Labute approximate surface area is 71.2 Å². The van der Waals surface area contributed by atoms with Gasteiger partial charge in [0.1, 0.15) is 0 Å². The second-order valence-corrected chi connectivity index (χ2v) is 2.36. The number of amides is 1. The van der Waals surface area contributed by atoms with Crippen molar-refractivity contribution in [1.82, 2.24) is 5.32 Å². The minimum absolute atomic E-state index is 0.139. The van der Waals surface area contributed by atoms with E-state index in [1.54, 1.807) is 0 Å². The minimum Gasteiger partial charge on any atom is -0.350 e. The van der Waals surface area contributed by atoms with Gasteiger partial charge in [-0.3, -0.25) is 4.79 Å². The molecular weight excluding hydrogens is 158 g/mol. The molecule has 0 atom stereocenters. The predicted octanol–water partition coefficient (Wildman–Crippen LogP) is -0.501. The number of hydrogen-bond acceptors (Lipinski definition) is 3. The van der Waals surface area contributed by atoms with Gasteiger partial charge in [-0.25, -0.2) is 0 Å². The summed E-state index contributed by atoms with van der Waals surface area (Å²) in [5.41, 5.74) is 0. The van der Waals surface area contributed by atoms with Crippen LogP contribution in [0.15, 0.2) is 0 Å². The van der Waals surface area contributed by atoms with Crippen LogP contribution in [0.1, 0.15) is 6.42 Å². The molecule has 1 fully saturated rings. The number of terminal acetylenes is 1.